The van der Waals surface area contributed by atoms with Crippen molar-refractivity contribution in [2.45, 2.75) is 32.2 Å². The van der Waals surface area contributed by atoms with Crippen molar-refractivity contribution in [3.63, 3.8) is 0 Å². The molecule has 0 saturated carbocycles. The number of likely N-dealkylation sites (tertiary alicyclic amines) is 1. The van der Waals surface area contributed by atoms with Gasteiger partial charge in [-0.1, -0.05) is 15.9 Å². The Morgan fingerprint density at radius 2 is 2.04 bits per heavy atom. The highest BCUT2D eigenvalue weighted by Gasteiger charge is 2.28. The lowest BCUT2D eigenvalue weighted by Gasteiger charge is -2.35. The van der Waals surface area contributed by atoms with E-state index in [-0.39, 0.29) is 24.4 Å². The van der Waals surface area contributed by atoms with Crippen LogP contribution in [-0.2, 0) is 0 Å². The fourth-order valence-electron chi connectivity index (χ4n) is 3.13. The molecule has 2 N–H and O–H groups in total. The number of piperidine rings is 1. The van der Waals surface area contributed by atoms with Crippen molar-refractivity contribution in [3.05, 3.63) is 46.2 Å². The molecule has 1 amide bonds. The number of benzene rings is 1. The molecule has 0 bridgehead atoms. The van der Waals surface area contributed by atoms with Crippen molar-refractivity contribution in [2.75, 3.05) is 13.1 Å². The van der Waals surface area contributed by atoms with Crippen LogP contribution in [0, 0.1) is 6.92 Å². The van der Waals surface area contributed by atoms with E-state index in [1.807, 2.05) is 36.1 Å². The van der Waals surface area contributed by atoms with Crippen LogP contribution in [0.1, 0.15) is 35.3 Å². The van der Waals surface area contributed by atoms with Crippen LogP contribution in [0.5, 0.6) is 0 Å². The van der Waals surface area contributed by atoms with Crippen molar-refractivity contribution in [1.29, 1.82) is 0 Å². The third-order valence-corrected chi connectivity index (χ3v) is 5.00. The Morgan fingerprint density at radius 1 is 1.33 bits per heavy atom. The van der Waals surface area contributed by atoms with Gasteiger partial charge in [0.25, 0.3) is 5.91 Å². The van der Waals surface area contributed by atoms with Crippen LogP contribution in [-0.4, -0.2) is 39.7 Å². The minimum absolute atomic E-state index is 0. The number of nitrogens with zero attached hydrogens (tertiary/aromatic N) is 3. The molecule has 1 saturated heterocycles. The van der Waals surface area contributed by atoms with Gasteiger partial charge in [-0.2, -0.15) is 5.10 Å². The van der Waals surface area contributed by atoms with Gasteiger partial charge >= 0.3 is 0 Å². The van der Waals surface area contributed by atoms with E-state index in [9.17, 15) is 4.79 Å². The molecule has 2 aromatic rings. The van der Waals surface area contributed by atoms with Gasteiger partial charge in [-0.25, -0.2) is 4.68 Å². The lowest BCUT2D eigenvalue weighted by molar-refractivity contribution is 0.0622. The Hall–Kier alpha value is -1.37. The number of nitrogens with two attached hydrogens (primary N) is 1. The van der Waals surface area contributed by atoms with E-state index in [4.69, 9.17) is 5.73 Å². The van der Waals surface area contributed by atoms with Gasteiger partial charge in [0.1, 0.15) is 0 Å². The molecule has 1 aliphatic rings. The van der Waals surface area contributed by atoms with Gasteiger partial charge in [-0.15, -0.1) is 12.4 Å². The first-order chi connectivity index (χ1) is 11.1. The molecule has 3 rings (SSSR count). The summed E-state index contributed by atoms with van der Waals surface area (Å²) in [6, 6.07) is 8.02. The van der Waals surface area contributed by atoms with Crippen molar-refractivity contribution < 1.29 is 4.79 Å². The summed E-state index contributed by atoms with van der Waals surface area (Å²) in [7, 11) is 0. The zero-order valence-electron chi connectivity index (χ0n) is 13.6. The maximum atomic E-state index is 12.9. The van der Waals surface area contributed by atoms with Crippen molar-refractivity contribution in [3.8, 4) is 5.69 Å². The largest absolute Gasteiger partial charge is 0.334 e. The van der Waals surface area contributed by atoms with Crippen molar-refractivity contribution in [1.82, 2.24) is 14.7 Å². The molecule has 1 unspecified atom stereocenters. The molecule has 0 spiro atoms. The quantitative estimate of drug-likeness (QED) is 0.839. The Bertz CT molecular complexity index is 701. The third-order valence-electron chi connectivity index (χ3n) is 4.47. The minimum atomic E-state index is 0. The molecule has 0 aliphatic carbocycles. The average molecular weight is 414 g/mol. The topological polar surface area (TPSA) is 64.2 Å². The molecular weight excluding hydrogens is 392 g/mol. The molecule has 24 heavy (non-hydrogen) atoms. The minimum Gasteiger partial charge on any atom is -0.334 e. The second-order valence-electron chi connectivity index (χ2n) is 5.92. The Morgan fingerprint density at radius 3 is 2.71 bits per heavy atom. The summed E-state index contributed by atoms with van der Waals surface area (Å²) < 4.78 is 2.82. The predicted molar refractivity (Wildman–Crippen MR) is 101 cm³/mol. The molecule has 130 valence electrons. The first kappa shape index (κ1) is 19.0. The third kappa shape index (κ3) is 3.66. The summed E-state index contributed by atoms with van der Waals surface area (Å²) >= 11 is 3.43. The molecular formula is C17H22BrClN4O. The molecule has 1 fully saturated rings. The number of hydrogen-bond acceptors (Lipinski definition) is 3. The number of hydrogen-bond donors (Lipinski definition) is 1. The van der Waals surface area contributed by atoms with Gasteiger partial charge in [-0.3, -0.25) is 4.79 Å². The van der Waals surface area contributed by atoms with Crippen LogP contribution in [0.2, 0.25) is 0 Å². The second-order valence-corrected chi connectivity index (χ2v) is 6.83. The first-order valence-electron chi connectivity index (χ1n) is 7.93. The Labute approximate surface area is 156 Å². The number of halogens is 2. The number of rotatable bonds is 3. The summed E-state index contributed by atoms with van der Waals surface area (Å²) in [6.45, 7) is 3.24. The van der Waals surface area contributed by atoms with E-state index in [1.54, 1.807) is 10.9 Å². The second kappa shape index (κ2) is 8.14. The van der Waals surface area contributed by atoms with Crippen LogP contribution in [0.3, 0.4) is 0 Å². The zero-order chi connectivity index (χ0) is 16.4. The molecule has 0 radical (unpaired) electrons. The van der Waals surface area contributed by atoms with Crippen LogP contribution in [0.4, 0.5) is 0 Å². The lowest BCUT2D eigenvalue weighted by Crippen LogP contribution is -2.47. The molecule has 1 aliphatic heterocycles. The molecule has 1 aromatic heterocycles. The molecule has 5 nitrogen and oxygen atoms in total. The highest BCUT2D eigenvalue weighted by atomic mass is 79.9. The number of carbonyl (C=O) groups is 1. The van der Waals surface area contributed by atoms with E-state index in [1.165, 1.54) is 0 Å². The van der Waals surface area contributed by atoms with E-state index in [0.717, 1.165) is 41.7 Å². The summed E-state index contributed by atoms with van der Waals surface area (Å²) in [5.74, 6) is 0.0426. The number of amides is 1. The van der Waals surface area contributed by atoms with Gasteiger partial charge in [0.15, 0.2) is 0 Å². The van der Waals surface area contributed by atoms with Gasteiger partial charge in [0.2, 0.25) is 0 Å². The average Bonchev–Trinajstić information content (AvgIpc) is 2.96. The SMILES string of the molecule is Cc1c(C(=O)N2CCCCC2CN)cnn1-c1ccc(Br)cc1.Cl. The van der Waals surface area contributed by atoms with Crippen LogP contribution in [0.15, 0.2) is 34.9 Å². The standard InChI is InChI=1S/C17H21BrN4O.ClH/c1-12-16(17(23)21-9-3-2-4-15(21)10-19)11-20-22(12)14-7-5-13(18)6-8-14;/h5-8,11,15H,2-4,9-10,19H2,1H3;1H. The fraction of sp³-hybridized carbons (Fsp3) is 0.412. The molecule has 2 heterocycles. The van der Waals surface area contributed by atoms with Crippen molar-refractivity contribution in [2.24, 2.45) is 5.73 Å². The number of aromatic nitrogens is 2. The van der Waals surface area contributed by atoms with E-state index >= 15 is 0 Å². The zero-order valence-corrected chi connectivity index (χ0v) is 16.0. The van der Waals surface area contributed by atoms with Crippen LogP contribution >= 0.6 is 28.3 Å². The van der Waals surface area contributed by atoms with Gasteiger partial charge < -0.3 is 10.6 Å². The Kier molecular flexibility index (Phi) is 6.43. The van der Waals surface area contributed by atoms with E-state index < -0.39 is 0 Å². The van der Waals surface area contributed by atoms with Crippen LogP contribution < -0.4 is 5.73 Å². The lowest BCUT2D eigenvalue weighted by atomic mass is 10.0. The van der Waals surface area contributed by atoms with Crippen LogP contribution in [0.25, 0.3) is 5.69 Å². The van der Waals surface area contributed by atoms with E-state index in [2.05, 4.69) is 21.0 Å². The maximum absolute atomic E-state index is 12.9. The molecule has 7 heteroatoms. The Balaban J connectivity index is 0.00000208. The normalized spacial score (nSPS) is 17.5. The van der Waals surface area contributed by atoms with Gasteiger partial charge in [0, 0.05) is 23.6 Å². The van der Waals surface area contributed by atoms with Gasteiger partial charge in [-0.05, 0) is 50.5 Å². The highest BCUT2D eigenvalue weighted by molar-refractivity contribution is 9.10. The van der Waals surface area contributed by atoms with Gasteiger partial charge in [0.05, 0.1) is 23.1 Å². The van der Waals surface area contributed by atoms with Crippen molar-refractivity contribution >= 4 is 34.2 Å². The summed E-state index contributed by atoms with van der Waals surface area (Å²) in [5.41, 5.74) is 8.30. The first-order valence-corrected chi connectivity index (χ1v) is 8.72. The van der Waals surface area contributed by atoms with E-state index in [0.29, 0.717) is 12.1 Å². The monoisotopic (exact) mass is 412 g/mol. The smallest absolute Gasteiger partial charge is 0.257 e. The predicted octanol–water partition coefficient (Wildman–Crippen LogP) is 3.32. The molecule has 1 atom stereocenters. The highest BCUT2D eigenvalue weighted by Crippen LogP contribution is 2.22. The summed E-state index contributed by atoms with van der Waals surface area (Å²) in [5, 5.41) is 4.41. The summed E-state index contributed by atoms with van der Waals surface area (Å²) in [4.78, 5) is 14.8. The number of carbonyl (C=O) groups excluding carboxylic acids is 1. The fourth-order valence-corrected chi connectivity index (χ4v) is 3.39. The molecule has 1 aromatic carbocycles. The summed E-state index contributed by atoms with van der Waals surface area (Å²) in [6.07, 6.45) is 4.84. The maximum Gasteiger partial charge on any atom is 0.257 e.